The molecule has 3 nitrogen and oxygen atoms in total. The minimum atomic E-state index is 0.362. The second-order valence-electron chi connectivity index (χ2n) is 4.08. The number of hydrogen-bond acceptors (Lipinski definition) is 4. The fourth-order valence-corrected chi connectivity index (χ4v) is 2.17. The highest BCUT2D eigenvalue weighted by Crippen LogP contribution is 2.19. The van der Waals surface area contributed by atoms with Crippen LogP contribution in [0.2, 0.25) is 0 Å². The summed E-state index contributed by atoms with van der Waals surface area (Å²) in [5.74, 6) is 1.15. The molecule has 1 atom stereocenters. The van der Waals surface area contributed by atoms with E-state index in [1.165, 1.54) is 0 Å². The molecule has 0 saturated carbocycles. The summed E-state index contributed by atoms with van der Waals surface area (Å²) >= 11 is 1.85. The highest BCUT2D eigenvalue weighted by molar-refractivity contribution is 7.98. The lowest BCUT2D eigenvalue weighted by Crippen LogP contribution is -2.16. The zero-order valence-electron chi connectivity index (χ0n) is 10.4. The molecule has 0 bridgehead atoms. The molecular formula is C13H19N3S. The third-order valence-electron chi connectivity index (χ3n) is 2.58. The van der Waals surface area contributed by atoms with Crippen molar-refractivity contribution in [1.82, 2.24) is 0 Å². The van der Waals surface area contributed by atoms with Gasteiger partial charge in [-0.1, -0.05) is 0 Å². The van der Waals surface area contributed by atoms with Crippen LogP contribution in [0.4, 0.5) is 11.4 Å². The number of nitrogens with two attached hydrogens (primary N) is 1. The molecule has 0 aromatic heterocycles. The Labute approximate surface area is 107 Å². The van der Waals surface area contributed by atoms with Crippen LogP contribution in [-0.2, 0) is 6.42 Å². The van der Waals surface area contributed by atoms with Crippen LogP contribution >= 0.6 is 11.8 Å². The third-order valence-corrected chi connectivity index (χ3v) is 3.22. The Bertz CT molecular complexity index is 398. The molecule has 0 fully saturated rings. The first-order valence-electron chi connectivity index (χ1n) is 5.68. The van der Waals surface area contributed by atoms with Crippen molar-refractivity contribution in [3.63, 3.8) is 0 Å². The standard InChI is InChI=1S/C13H19N3S/c1-10(6-8-17-2)16-12-3-4-13(15)11(9-12)5-7-14/h3-4,9-10,16H,5-6,8,15H2,1-2H3. The van der Waals surface area contributed by atoms with Gasteiger partial charge < -0.3 is 11.1 Å². The molecule has 0 aliphatic carbocycles. The first-order valence-corrected chi connectivity index (χ1v) is 7.07. The summed E-state index contributed by atoms with van der Waals surface area (Å²) in [6.07, 6.45) is 3.60. The predicted molar refractivity (Wildman–Crippen MR) is 76.3 cm³/mol. The van der Waals surface area contributed by atoms with Crippen molar-refractivity contribution in [3.8, 4) is 6.07 Å². The van der Waals surface area contributed by atoms with Crippen LogP contribution in [0.3, 0.4) is 0 Å². The van der Waals surface area contributed by atoms with E-state index in [-0.39, 0.29) is 0 Å². The van der Waals surface area contributed by atoms with Gasteiger partial charge in [0.1, 0.15) is 0 Å². The van der Waals surface area contributed by atoms with Gasteiger partial charge in [-0.25, -0.2) is 0 Å². The second-order valence-corrected chi connectivity index (χ2v) is 5.06. The number of hydrogen-bond donors (Lipinski definition) is 2. The summed E-state index contributed by atoms with van der Waals surface area (Å²) in [6.45, 7) is 2.16. The highest BCUT2D eigenvalue weighted by Gasteiger charge is 2.04. The molecule has 0 amide bonds. The number of rotatable bonds is 6. The normalized spacial score (nSPS) is 11.8. The zero-order valence-corrected chi connectivity index (χ0v) is 11.2. The number of nitrogens with zero attached hydrogens (tertiary/aromatic N) is 1. The van der Waals surface area contributed by atoms with Crippen molar-refractivity contribution in [2.24, 2.45) is 0 Å². The van der Waals surface area contributed by atoms with Crippen molar-refractivity contribution >= 4 is 23.1 Å². The molecule has 1 rings (SSSR count). The number of anilines is 2. The average molecular weight is 249 g/mol. The van der Waals surface area contributed by atoms with Gasteiger partial charge in [0.15, 0.2) is 0 Å². The van der Waals surface area contributed by atoms with Gasteiger partial charge in [0.2, 0.25) is 0 Å². The first kappa shape index (κ1) is 13.7. The first-order chi connectivity index (χ1) is 8.17. The van der Waals surface area contributed by atoms with Crippen LogP contribution in [0, 0.1) is 11.3 Å². The van der Waals surface area contributed by atoms with Crippen LogP contribution in [0.15, 0.2) is 18.2 Å². The molecule has 0 aliphatic rings. The van der Waals surface area contributed by atoms with E-state index in [1.54, 1.807) is 0 Å². The number of thioether (sulfide) groups is 1. The summed E-state index contributed by atoms with van der Waals surface area (Å²) < 4.78 is 0. The third kappa shape index (κ3) is 4.58. The van der Waals surface area contributed by atoms with Crippen molar-refractivity contribution < 1.29 is 0 Å². The van der Waals surface area contributed by atoms with Gasteiger partial charge >= 0.3 is 0 Å². The SMILES string of the molecule is CSCCC(C)Nc1ccc(N)c(CC#N)c1. The molecule has 1 unspecified atom stereocenters. The Kier molecular flexibility index (Phi) is 5.71. The minimum absolute atomic E-state index is 0.362. The Balaban J connectivity index is 2.65. The summed E-state index contributed by atoms with van der Waals surface area (Å²) in [6, 6.07) is 8.35. The van der Waals surface area contributed by atoms with E-state index in [0.717, 1.165) is 23.4 Å². The molecule has 0 spiro atoms. The van der Waals surface area contributed by atoms with Crippen molar-refractivity contribution in [1.29, 1.82) is 5.26 Å². The molecule has 0 heterocycles. The fourth-order valence-electron chi connectivity index (χ4n) is 1.59. The van der Waals surface area contributed by atoms with Crippen LogP contribution in [0.1, 0.15) is 18.9 Å². The molecule has 17 heavy (non-hydrogen) atoms. The Morgan fingerprint density at radius 2 is 2.29 bits per heavy atom. The maximum atomic E-state index is 8.70. The smallest absolute Gasteiger partial charge is 0.0670 e. The Morgan fingerprint density at radius 3 is 2.94 bits per heavy atom. The van der Waals surface area contributed by atoms with Gasteiger partial charge in [0.05, 0.1) is 12.5 Å². The van der Waals surface area contributed by atoms with E-state index in [1.807, 2.05) is 30.0 Å². The maximum absolute atomic E-state index is 8.70. The van der Waals surface area contributed by atoms with E-state index < -0.39 is 0 Å². The van der Waals surface area contributed by atoms with Crippen molar-refractivity contribution in [2.75, 3.05) is 23.1 Å². The van der Waals surface area contributed by atoms with Crippen molar-refractivity contribution in [2.45, 2.75) is 25.8 Å². The van der Waals surface area contributed by atoms with Crippen LogP contribution in [0.25, 0.3) is 0 Å². The molecule has 0 saturated heterocycles. The molecule has 1 aromatic rings. The van der Waals surface area contributed by atoms with Gasteiger partial charge in [0, 0.05) is 17.4 Å². The van der Waals surface area contributed by atoms with Crippen LogP contribution < -0.4 is 11.1 Å². The minimum Gasteiger partial charge on any atom is -0.398 e. The summed E-state index contributed by atoms with van der Waals surface area (Å²) in [7, 11) is 0. The maximum Gasteiger partial charge on any atom is 0.0670 e. The predicted octanol–water partition coefficient (Wildman–Crippen LogP) is 2.89. The summed E-state index contributed by atoms with van der Waals surface area (Å²) in [5, 5.41) is 12.1. The van der Waals surface area contributed by atoms with Gasteiger partial charge in [-0.2, -0.15) is 17.0 Å². The van der Waals surface area contributed by atoms with Gasteiger partial charge in [-0.3, -0.25) is 0 Å². The Morgan fingerprint density at radius 1 is 1.53 bits per heavy atom. The number of nitrogen functional groups attached to an aromatic ring is 1. The lowest BCUT2D eigenvalue weighted by molar-refractivity contribution is 0.772. The Hall–Kier alpha value is -1.34. The van der Waals surface area contributed by atoms with E-state index in [4.69, 9.17) is 11.0 Å². The lowest BCUT2D eigenvalue weighted by atomic mass is 10.1. The fraction of sp³-hybridized carbons (Fsp3) is 0.462. The van der Waals surface area contributed by atoms with Crippen LogP contribution in [-0.4, -0.2) is 18.1 Å². The van der Waals surface area contributed by atoms with Gasteiger partial charge in [-0.15, -0.1) is 0 Å². The molecule has 0 aliphatic heterocycles. The largest absolute Gasteiger partial charge is 0.398 e. The average Bonchev–Trinajstić information content (AvgIpc) is 2.31. The van der Waals surface area contributed by atoms with Gasteiger partial charge in [-0.05, 0) is 49.1 Å². The quantitative estimate of drug-likeness (QED) is 0.761. The monoisotopic (exact) mass is 249 g/mol. The highest BCUT2D eigenvalue weighted by atomic mass is 32.2. The van der Waals surface area contributed by atoms with E-state index in [0.29, 0.717) is 18.2 Å². The molecular weight excluding hydrogens is 230 g/mol. The van der Waals surface area contributed by atoms with Gasteiger partial charge in [0.25, 0.3) is 0 Å². The van der Waals surface area contributed by atoms with Crippen LogP contribution in [0.5, 0.6) is 0 Å². The molecule has 3 N–H and O–H groups in total. The summed E-state index contributed by atoms with van der Waals surface area (Å²) in [5.41, 5.74) is 8.43. The summed E-state index contributed by atoms with van der Waals surface area (Å²) in [4.78, 5) is 0. The zero-order chi connectivity index (χ0) is 12.7. The van der Waals surface area contributed by atoms with E-state index >= 15 is 0 Å². The second kappa shape index (κ2) is 7.08. The number of nitriles is 1. The van der Waals surface area contributed by atoms with E-state index in [9.17, 15) is 0 Å². The lowest BCUT2D eigenvalue weighted by Gasteiger charge is -2.15. The topological polar surface area (TPSA) is 61.8 Å². The molecule has 0 radical (unpaired) electrons. The molecule has 1 aromatic carbocycles. The number of nitrogens with one attached hydrogen (secondary N) is 1. The van der Waals surface area contributed by atoms with E-state index in [2.05, 4.69) is 24.6 Å². The number of benzene rings is 1. The van der Waals surface area contributed by atoms with Crippen molar-refractivity contribution in [3.05, 3.63) is 23.8 Å². The molecule has 4 heteroatoms. The molecule has 92 valence electrons.